The fraction of sp³-hybridized carbons (Fsp3) is 0.750. The third kappa shape index (κ3) is 2.42. The van der Waals surface area contributed by atoms with Crippen molar-refractivity contribution in [1.29, 1.82) is 0 Å². The lowest BCUT2D eigenvalue weighted by atomic mass is 10.2. The van der Waals surface area contributed by atoms with Crippen molar-refractivity contribution in [2.45, 2.75) is 50.6 Å². The van der Waals surface area contributed by atoms with Gasteiger partial charge in [-0.3, -0.25) is 4.68 Å². The predicted molar refractivity (Wildman–Crippen MR) is 69.8 cm³/mol. The number of aryl methyl sites for hydroxylation is 1. The molecule has 2 aliphatic rings. The lowest BCUT2D eigenvalue weighted by molar-refractivity contribution is 0.193. The van der Waals surface area contributed by atoms with E-state index in [0.717, 1.165) is 25.0 Å². The van der Waals surface area contributed by atoms with Crippen molar-refractivity contribution < 1.29 is 13.5 Å². The van der Waals surface area contributed by atoms with Crippen LogP contribution in [-0.2, 0) is 23.1 Å². The van der Waals surface area contributed by atoms with Crippen molar-refractivity contribution in [2.24, 2.45) is 0 Å². The zero-order valence-electron chi connectivity index (χ0n) is 11.0. The van der Waals surface area contributed by atoms with E-state index in [1.165, 1.54) is 0 Å². The van der Waals surface area contributed by atoms with Crippen LogP contribution in [-0.4, -0.2) is 39.4 Å². The van der Waals surface area contributed by atoms with E-state index in [0.29, 0.717) is 25.3 Å². The van der Waals surface area contributed by atoms with Crippen molar-refractivity contribution >= 4 is 10.0 Å². The molecule has 0 saturated heterocycles. The molecule has 0 aromatic carbocycles. The van der Waals surface area contributed by atoms with E-state index < -0.39 is 16.1 Å². The Morgan fingerprint density at radius 3 is 2.79 bits per heavy atom. The van der Waals surface area contributed by atoms with Gasteiger partial charge >= 0.3 is 0 Å². The Bertz CT molecular complexity index is 575. The van der Waals surface area contributed by atoms with Gasteiger partial charge in [-0.25, -0.2) is 8.42 Å². The zero-order valence-corrected chi connectivity index (χ0v) is 11.8. The smallest absolute Gasteiger partial charge is 0.217 e. The predicted octanol–water partition coefficient (Wildman–Crippen LogP) is 0.634. The first-order chi connectivity index (χ1) is 8.98. The van der Waals surface area contributed by atoms with E-state index in [1.807, 2.05) is 10.7 Å². The van der Waals surface area contributed by atoms with Crippen LogP contribution in [0.25, 0.3) is 0 Å². The average Bonchev–Trinajstić information content (AvgIpc) is 3.14. The molecule has 3 rings (SSSR count). The highest BCUT2D eigenvalue weighted by Crippen LogP contribution is 2.32. The quantitative estimate of drug-likeness (QED) is 0.884. The number of hydrogen-bond donors (Lipinski definition) is 1. The summed E-state index contributed by atoms with van der Waals surface area (Å²) >= 11 is 0. The highest BCUT2D eigenvalue weighted by molar-refractivity contribution is 7.90. The molecule has 2 heterocycles. The molecule has 0 radical (unpaired) electrons. The first-order valence-electron chi connectivity index (χ1n) is 6.72. The molecule has 0 amide bonds. The van der Waals surface area contributed by atoms with Crippen molar-refractivity contribution in [1.82, 2.24) is 14.1 Å². The lowest BCUT2D eigenvalue weighted by Crippen LogP contribution is -2.33. The summed E-state index contributed by atoms with van der Waals surface area (Å²) in [5.41, 5.74) is 1.48. The van der Waals surface area contributed by atoms with Crippen LogP contribution in [0.15, 0.2) is 6.07 Å². The number of fused-ring (bicyclic) bond motifs is 1. The number of aliphatic hydroxyl groups is 1. The zero-order chi connectivity index (χ0) is 13.6. The molecule has 1 aliphatic heterocycles. The maximum absolute atomic E-state index is 12.3. The summed E-state index contributed by atoms with van der Waals surface area (Å²) in [6.07, 6.45) is 1.72. The van der Waals surface area contributed by atoms with Crippen LogP contribution in [0.3, 0.4) is 0 Å². The van der Waals surface area contributed by atoms with E-state index in [1.54, 1.807) is 11.2 Å². The molecular formula is C12H19N3O3S. The van der Waals surface area contributed by atoms with Crippen molar-refractivity contribution in [2.75, 3.05) is 6.54 Å². The second-order valence-electron chi connectivity index (χ2n) is 5.39. The maximum atomic E-state index is 12.3. The molecule has 1 atom stereocenters. The summed E-state index contributed by atoms with van der Waals surface area (Å²) in [5, 5.41) is 13.7. The van der Waals surface area contributed by atoms with Crippen molar-refractivity contribution in [3.8, 4) is 0 Å². The normalized spacial score (nSPS) is 22.8. The van der Waals surface area contributed by atoms with E-state index in [-0.39, 0.29) is 5.25 Å². The van der Waals surface area contributed by atoms with Gasteiger partial charge in [-0.05, 0) is 32.3 Å². The number of hydrogen-bond acceptors (Lipinski definition) is 4. The Morgan fingerprint density at radius 1 is 1.42 bits per heavy atom. The summed E-state index contributed by atoms with van der Waals surface area (Å²) in [6.45, 7) is 3.31. The minimum Gasteiger partial charge on any atom is -0.387 e. The highest BCUT2D eigenvalue weighted by atomic mass is 32.2. The average molecular weight is 285 g/mol. The van der Waals surface area contributed by atoms with Crippen LogP contribution < -0.4 is 0 Å². The molecule has 106 valence electrons. The number of aliphatic hydroxyl groups excluding tert-OH is 1. The largest absolute Gasteiger partial charge is 0.387 e. The first kappa shape index (κ1) is 13.1. The minimum absolute atomic E-state index is 0.168. The van der Waals surface area contributed by atoms with Crippen molar-refractivity contribution in [3.05, 3.63) is 17.5 Å². The number of aromatic nitrogens is 2. The number of nitrogens with zero attached hydrogens (tertiary/aromatic N) is 3. The molecule has 0 spiro atoms. The summed E-state index contributed by atoms with van der Waals surface area (Å²) in [4.78, 5) is 0. The second-order valence-corrected chi connectivity index (χ2v) is 7.60. The highest BCUT2D eigenvalue weighted by Gasteiger charge is 2.40. The molecule has 7 heteroatoms. The van der Waals surface area contributed by atoms with E-state index in [9.17, 15) is 13.5 Å². The van der Waals surface area contributed by atoms with Gasteiger partial charge in [0.1, 0.15) is 0 Å². The second kappa shape index (κ2) is 4.57. The van der Waals surface area contributed by atoms with Gasteiger partial charge in [-0.1, -0.05) is 0 Å². The standard InChI is InChI=1S/C12H19N3O3S/c1-9(16)12-7-10-8-14(5-2-6-15(10)13-12)19(17,18)11-3-4-11/h7,9,11,16H,2-6,8H2,1H3/t9-/m1/s1. The number of sulfonamides is 1. The summed E-state index contributed by atoms with van der Waals surface area (Å²) in [7, 11) is -3.14. The molecule has 0 unspecified atom stereocenters. The fourth-order valence-corrected chi connectivity index (χ4v) is 4.30. The maximum Gasteiger partial charge on any atom is 0.217 e. The molecule has 19 heavy (non-hydrogen) atoms. The first-order valence-corrected chi connectivity index (χ1v) is 8.22. The van der Waals surface area contributed by atoms with Crippen LogP contribution in [0.4, 0.5) is 0 Å². The van der Waals surface area contributed by atoms with Gasteiger partial charge in [0.25, 0.3) is 0 Å². The molecule has 1 N–H and O–H groups in total. The lowest BCUT2D eigenvalue weighted by Gasteiger charge is -2.19. The van der Waals surface area contributed by atoms with Crippen LogP contribution in [0.2, 0.25) is 0 Å². The summed E-state index contributed by atoms with van der Waals surface area (Å²) in [5.74, 6) is 0. The molecular weight excluding hydrogens is 266 g/mol. The molecule has 1 saturated carbocycles. The van der Waals surface area contributed by atoms with Gasteiger partial charge in [-0.15, -0.1) is 0 Å². The Balaban J connectivity index is 1.87. The van der Waals surface area contributed by atoms with E-state index >= 15 is 0 Å². The minimum atomic E-state index is -3.14. The van der Waals surface area contributed by atoms with Crippen LogP contribution >= 0.6 is 0 Å². The van der Waals surface area contributed by atoms with Gasteiger partial charge in [-0.2, -0.15) is 9.40 Å². The molecule has 1 aromatic rings. The molecule has 6 nitrogen and oxygen atoms in total. The van der Waals surface area contributed by atoms with Crippen LogP contribution in [0.1, 0.15) is 43.7 Å². The third-order valence-corrected chi connectivity index (χ3v) is 6.08. The molecule has 1 aliphatic carbocycles. The number of rotatable bonds is 3. The van der Waals surface area contributed by atoms with Crippen LogP contribution in [0.5, 0.6) is 0 Å². The Morgan fingerprint density at radius 2 is 2.16 bits per heavy atom. The van der Waals surface area contributed by atoms with Gasteiger partial charge in [0.2, 0.25) is 10.0 Å². The van der Waals surface area contributed by atoms with Gasteiger partial charge in [0.15, 0.2) is 0 Å². The van der Waals surface area contributed by atoms with Gasteiger partial charge in [0, 0.05) is 13.1 Å². The topological polar surface area (TPSA) is 75.4 Å². The van der Waals surface area contributed by atoms with E-state index in [2.05, 4.69) is 5.10 Å². The molecule has 0 bridgehead atoms. The SMILES string of the molecule is C[C@@H](O)c1cc2n(n1)CCCN(S(=O)(=O)C1CC1)C2. The third-order valence-electron chi connectivity index (χ3n) is 3.73. The Kier molecular flexibility index (Phi) is 3.15. The van der Waals surface area contributed by atoms with Crippen molar-refractivity contribution in [3.63, 3.8) is 0 Å². The Labute approximate surface area is 113 Å². The fourth-order valence-electron chi connectivity index (χ4n) is 2.45. The molecule has 1 fully saturated rings. The molecule has 1 aromatic heterocycles. The van der Waals surface area contributed by atoms with Gasteiger partial charge < -0.3 is 5.11 Å². The summed E-state index contributed by atoms with van der Waals surface area (Å²) in [6, 6.07) is 1.81. The summed E-state index contributed by atoms with van der Waals surface area (Å²) < 4.78 is 28.0. The van der Waals surface area contributed by atoms with Gasteiger partial charge in [0.05, 0.1) is 29.3 Å². The van der Waals surface area contributed by atoms with E-state index in [4.69, 9.17) is 0 Å². The Hall–Kier alpha value is -0.920. The van der Waals surface area contributed by atoms with Crippen LogP contribution in [0, 0.1) is 0 Å². The monoisotopic (exact) mass is 285 g/mol.